The first-order chi connectivity index (χ1) is 10.3. The summed E-state index contributed by atoms with van der Waals surface area (Å²) in [5, 5.41) is 12.4. The predicted molar refractivity (Wildman–Crippen MR) is 86.0 cm³/mol. The van der Waals surface area contributed by atoms with E-state index in [-0.39, 0.29) is 0 Å². The Labute approximate surface area is 127 Å². The van der Waals surface area contributed by atoms with Crippen molar-refractivity contribution in [3.05, 3.63) is 59.4 Å². The predicted octanol–water partition coefficient (Wildman–Crippen LogP) is 3.86. The van der Waals surface area contributed by atoms with Gasteiger partial charge in [-0.3, -0.25) is 0 Å². The zero-order chi connectivity index (χ0) is 15.1. The number of nitriles is 1. The zero-order valence-corrected chi connectivity index (χ0v) is 12.8. The van der Waals surface area contributed by atoms with E-state index in [1.807, 2.05) is 24.3 Å². The van der Waals surface area contributed by atoms with Crippen LogP contribution < -0.4 is 5.32 Å². The van der Waals surface area contributed by atoms with E-state index in [9.17, 15) is 0 Å². The smallest absolute Gasteiger partial charge is 0.0991 e. The fourth-order valence-corrected chi connectivity index (χ4v) is 2.58. The Morgan fingerprint density at radius 1 is 1.19 bits per heavy atom. The third kappa shape index (κ3) is 4.21. The van der Waals surface area contributed by atoms with Crippen molar-refractivity contribution >= 4 is 0 Å². The third-order valence-corrected chi connectivity index (χ3v) is 3.65. The standard InChI is InChI=1S/C18H23N3/c1-3-5-18(20-4-2)17-10-11-21(14-17)13-16-8-6-15(12-19)7-9-16/h6-11,14,18,20H,3-5,13H2,1-2H3. The van der Waals surface area contributed by atoms with Crippen LogP contribution >= 0.6 is 0 Å². The van der Waals surface area contributed by atoms with Crippen LogP contribution in [-0.2, 0) is 6.54 Å². The zero-order valence-electron chi connectivity index (χ0n) is 12.8. The van der Waals surface area contributed by atoms with Gasteiger partial charge in [0.25, 0.3) is 0 Å². The van der Waals surface area contributed by atoms with Gasteiger partial charge >= 0.3 is 0 Å². The highest BCUT2D eigenvalue weighted by Crippen LogP contribution is 2.19. The van der Waals surface area contributed by atoms with Crippen LogP contribution in [0.15, 0.2) is 42.7 Å². The van der Waals surface area contributed by atoms with Gasteiger partial charge in [0.2, 0.25) is 0 Å². The molecule has 0 amide bonds. The lowest BCUT2D eigenvalue weighted by molar-refractivity contribution is 0.508. The van der Waals surface area contributed by atoms with E-state index in [2.05, 4.69) is 48.3 Å². The Balaban J connectivity index is 2.06. The summed E-state index contributed by atoms with van der Waals surface area (Å²) in [5.41, 5.74) is 3.28. The second kappa shape index (κ2) is 7.66. The van der Waals surface area contributed by atoms with Gasteiger partial charge < -0.3 is 9.88 Å². The number of nitrogens with one attached hydrogen (secondary N) is 1. The van der Waals surface area contributed by atoms with Crippen molar-refractivity contribution in [3.8, 4) is 6.07 Å². The number of hydrogen-bond donors (Lipinski definition) is 1. The molecule has 0 fully saturated rings. The average Bonchev–Trinajstić information content (AvgIpc) is 2.96. The van der Waals surface area contributed by atoms with E-state index in [4.69, 9.17) is 5.26 Å². The lowest BCUT2D eigenvalue weighted by atomic mass is 10.1. The molecular weight excluding hydrogens is 258 g/mol. The van der Waals surface area contributed by atoms with Crippen molar-refractivity contribution in [2.45, 2.75) is 39.3 Å². The molecule has 1 N–H and O–H groups in total. The van der Waals surface area contributed by atoms with Crippen LogP contribution in [-0.4, -0.2) is 11.1 Å². The molecule has 0 aliphatic carbocycles. The molecule has 1 aromatic heterocycles. The number of rotatable bonds is 7. The van der Waals surface area contributed by atoms with E-state index in [0.717, 1.165) is 19.5 Å². The van der Waals surface area contributed by atoms with Crippen LogP contribution in [0.4, 0.5) is 0 Å². The average molecular weight is 281 g/mol. The maximum Gasteiger partial charge on any atom is 0.0991 e. The molecule has 3 heteroatoms. The molecule has 1 heterocycles. The van der Waals surface area contributed by atoms with E-state index in [0.29, 0.717) is 11.6 Å². The Kier molecular flexibility index (Phi) is 5.59. The van der Waals surface area contributed by atoms with Gasteiger partial charge in [0.1, 0.15) is 0 Å². The van der Waals surface area contributed by atoms with Crippen molar-refractivity contribution < 1.29 is 0 Å². The molecule has 0 aliphatic rings. The lowest BCUT2D eigenvalue weighted by Crippen LogP contribution is -2.20. The van der Waals surface area contributed by atoms with Crippen LogP contribution in [0.5, 0.6) is 0 Å². The van der Waals surface area contributed by atoms with Crippen molar-refractivity contribution in [2.24, 2.45) is 0 Å². The Hall–Kier alpha value is -2.05. The van der Waals surface area contributed by atoms with Gasteiger partial charge in [-0.25, -0.2) is 0 Å². The summed E-state index contributed by atoms with van der Waals surface area (Å²) < 4.78 is 2.21. The molecule has 0 saturated carbocycles. The van der Waals surface area contributed by atoms with Gasteiger partial charge in [-0.05, 0) is 42.3 Å². The fraction of sp³-hybridized carbons (Fsp3) is 0.389. The van der Waals surface area contributed by atoms with Gasteiger partial charge in [0, 0.05) is 25.0 Å². The summed E-state index contributed by atoms with van der Waals surface area (Å²) in [4.78, 5) is 0. The first kappa shape index (κ1) is 15.3. The summed E-state index contributed by atoms with van der Waals surface area (Å²) in [6.07, 6.45) is 6.70. The Morgan fingerprint density at radius 3 is 2.57 bits per heavy atom. The second-order valence-corrected chi connectivity index (χ2v) is 5.32. The van der Waals surface area contributed by atoms with Crippen molar-refractivity contribution in [2.75, 3.05) is 6.54 Å². The van der Waals surface area contributed by atoms with Gasteiger partial charge in [0.05, 0.1) is 11.6 Å². The van der Waals surface area contributed by atoms with Crippen LogP contribution in [0.25, 0.3) is 0 Å². The molecule has 0 aliphatic heterocycles. The number of hydrogen-bond acceptors (Lipinski definition) is 2. The maximum absolute atomic E-state index is 8.82. The monoisotopic (exact) mass is 281 g/mol. The summed E-state index contributed by atoms with van der Waals surface area (Å²) in [6, 6.07) is 12.6. The molecule has 2 aromatic rings. The highest BCUT2D eigenvalue weighted by atomic mass is 15.0. The summed E-state index contributed by atoms with van der Waals surface area (Å²) in [6.45, 7) is 6.20. The van der Waals surface area contributed by atoms with Gasteiger partial charge in [-0.2, -0.15) is 5.26 Å². The summed E-state index contributed by atoms with van der Waals surface area (Å²) in [5.74, 6) is 0. The van der Waals surface area contributed by atoms with Gasteiger partial charge in [0.15, 0.2) is 0 Å². The molecule has 3 nitrogen and oxygen atoms in total. The third-order valence-electron chi connectivity index (χ3n) is 3.65. The SMILES string of the molecule is CCCC(NCC)c1ccn(Cc2ccc(C#N)cc2)c1. The summed E-state index contributed by atoms with van der Waals surface area (Å²) >= 11 is 0. The fourth-order valence-electron chi connectivity index (χ4n) is 2.58. The lowest BCUT2D eigenvalue weighted by Gasteiger charge is -2.15. The normalized spacial score (nSPS) is 12.0. The first-order valence-corrected chi connectivity index (χ1v) is 7.65. The highest BCUT2D eigenvalue weighted by molar-refractivity contribution is 5.31. The maximum atomic E-state index is 8.82. The Bertz CT molecular complexity index is 584. The minimum atomic E-state index is 0.446. The van der Waals surface area contributed by atoms with Crippen LogP contribution in [0.2, 0.25) is 0 Å². The topological polar surface area (TPSA) is 40.8 Å². The van der Waals surface area contributed by atoms with Crippen molar-refractivity contribution in [1.29, 1.82) is 5.26 Å². The van der Waals surface area contributed by atoms with E-state index >= 15 is 0 Å². The molecule has 0 bridgehead atoms. The van der Waals surface area contributed by atoms with E-state index in [1.165, 1.54) is 17.5 Å². The van der Waals surface area contributed by atoms with Crippen LogP contribution in [0.1, 0.15) is 49.4 Å². The van der Waals surface area contributed by atoms with Crippen LogP contribution in [0.3, 0.4) is 0 Å². The molecule has 1 aromatic carbocycles. The second-order valence-electron chi connectivity index (χ2n) is 5.32. The minimum Gasteiger partial charge on any atom is -0.350 e. The quantitative estimate of drug-likeness (QED) is 0.837. The minimum absolute atomic E-state index is 0.446. The van der Waals surface area contributed by atoms with E-state index in [1.54, 1.807) is 0 Å². The first-order valence-electron chi connectivity index (χ1n) is 7.65. The molecule has 1 atom stereocenters. The molecule has 0 spiro atoms. The van der Waals surface area contributed by atoms with Gasteiger partial charge in [-0.1, -0.05) is 32.4 Å². The van der Waals surface area contributed by atoms with Crippen molar-refractivity contribution in [1.82, 2.24) is 9.88 Å². The molecular formula is C18H23N3. The van der Waals surface area contributed by atoms with Gasteiger partial charge in [-0.15, -0.1) is 0 Å². The molecule has 0 radical (unpaired) electrons. The number of benzene rings is 1. The molecule has 0 saturated heterocycles. The molecule has 21 heavy (non-hydrogen) atoms. The molecule has 1 unspecified atom stereocenters. The van der Waals surface area contributed by atoms with Crippen molar-refractivity contribution in [3.63, 3.8) is 0 Å². The van der Waals surface area contributed by atoms with Crippen LogP contribution in [0, 0.1) is 11.3 Å². The number of aromatic nitrogens is 1. The highest BCUT2D eigenvalue weighted by Gasteiger charge is 2.10. The Morgan fingerprint density at radius 2 is 1.95 bits per heavy atom. The van der Waals surface area contributed by atoms with E-state index < -0.39 is 0 Å². The number of nitrogens with zero attached hydrogens (tertiary/aromatic N) is 2. The largest absolute Gasteiger partial charge is 0.350 e. The summed E-state index contributed by atoms with van der Waals surface area (Å²) in [7, 11) is 0. The molecule has 110 valence electrons. The molecule has 2 rings (SSSR count).